The molecule has 19 heavy (non-hydrogen) atoms. The number of aromatic nitrogens is 2. The first-order chi connectivity index (χ1) is 8.95. The van der Waals surface area contributed by atoms with Crippen LogP contribution in [0.5, 0.6) is 0 Å². The maximum absolute atomic E-state index is 11.9. The molecule has 0 saturated heterocycles. The van der Waals surface area contributed by atoms with E-state index in [4.69, 9.17) is 5.73 Å². The minimum atomic E-state index is -0.143. The first-order valence-corrected chi connectivity index (χ1v) is 6.60. The highest BCUT2D eigenvalue weighted by Gasteiger charge is 2.10. The molecule has 5 nitrogen and oxygen atoms in total. The van der Waals surface area contributed by atoms with Gasteiger partial charge in [0.2, 0.25) is 5.91 Å². The topological polar surface area (TPSA) is 72.9 Å². The summed E-state index contributed by atoms with van der Waals surface area (Å²) in [5.41, 5.74) is 8.44. The van der Waals surface area contributed by atoms with Crippen molar-refractivity contribution in [2.45, 2.75) is 20.4 Å². The highest BCUT2D eigenvalue weighted by atomic mass is 79.9. The number of nitrogens with one attached hydrogen (secondary N) is 1. The van der Waals surface area contributed by atoms with Gasteiger partial charge in [-0.25, -0.2) is 0 Å². The number of nitrogens with two attached hydrogens (primary N) is 1. The summed E-state index contributed by atoms with van der Waals surface area (Å²) in [4.78, 5) is 11.9. The van der Waals surface area contributed by atoms with Crippen molar-refractivity contribution < 1.29 is 4.79 Å². The van der Waals surface area contributed by atoms with Crippen molar-refractivity contribution in [1.29, 1.82) is 0 Å². The summed E-state index contributed by atoms with van der Waals surface area (Å²) < 4.78 is 2.38. The summed E-state index contributed by atoms with van der Waals surface area (Å²) in [6.45, 7) is 4.10. The van der Waals surface area contributed by atoms with Crippen LogP contribution in [0.2, 0.25) is 0 Å². The second-order valence-electron chi connectivity index (χ2n) is 4.43. The zero-order chi connectivity index (χ0) is 14.0. The molecule has 1 amide bonds. The molecule has 1 aromatic carbocycles. The minimum absolute atomic E-state index is 0.136. The summed E-state index contributed by atoms with van der Waals surface area (Å²) in [7, 11) is 0. The van der Waals surface area contributed by atoms with Gasteiger partial charge in [0.25, 0.3) is 0 Å². The average molecular weight is 323 g/mol. The fraction of sp³-hybridized carbons (Fsp3) is 0.231. The van der Waals surface area contributed by atoms with Gasteiger partial charge in [-0.15, -0.1) is 0 Å². The van der Waals surface area contributed by atoms with E-state index in [-0.39, 0.29) is 12.5 Å². The average Bonchev–Trinajstić information content (AvgIpc) is 2.69. The molecule has 0 atom stereocenters. The zero-order valence-electron chi connectivity index (χ0n) is 10.8. The van der Waals surface area contributed by atoms with Crippen molar-refractivity contribution in [2.24, 2.45) is 0 Å². The summed E-state index contributed by atoms with van der Waals surface area (Å²) in [5, 5.41) is 6.85. The van der Waals surface area contributed by atoms with E-state index >= 15 is 0 Å². The zero-order valence-corrected chi connectivity index (χ0v) is 12.4. The Labute approximate surface area is 119 Å². The van der Waals surface area contributed by atoms with Gasteiger partial charge in [-0.2, -0.15) is 5.10 Å². The summed E-state index contributed by atoms with van der Waals surface area (Å²) in [6.07, 6.45) is 1.67. The van der Waals surface area contributed by atoms with Gasteiger partial charge in [0, 0.05) is 10.7 Å². The molecule has 1 aromatic heterocycles. The van der Waals surface area contributed by atoms with Gasteiger partial charge in [-0.1, -0.05) is 6.07 Å². The highest BCUT2D eigenvalue weighted by molar-refractivity contribution is 9.10. The molecular weight excluding hydrogens is 308 g/mol. The summed E-state index contributed by atoms with van der Waals surface area (Å²) in [5.74, 6) is 0.260. The molecule has 0 radical (unpaired) electrons. The number of nitrogens with zero attached hydrogens (tertiary/aromatic N) is 2. The Hall–Kier alpha value is -1.82. The number of aryl methyl sites for hydroxylation is 2. The summed E-state index contributed by atoms with van der Waals surface area (Å²) >= 11 is 3.46. The lowest BCUT2D eigenvalue weighted by Crippen LogP contribution is -2.20. The fourth-order valence-electron chi connectivity index (χ4n) is 1.87. The van der Waals surface area contributed by atoms with E-state index in [2.05, 4.69) is 26.3 Å². The molecule has 0 aliphatic rings. The van der Waals surface area contributed by atoms with Crippen molar-refractivity contribution in [3.8, 4) is 0 Å². The molecule has 0 spiro atoms. The molecule has 1 heterocycles. The van der Waals surface area contributed by atoms with Gasteiger partial charge < -0.3 is 11.1 Å². The maximum Gasteiger partial charge on any atom is 0.246 e. The monoisotopic (exact) mass is 322 g/mol. The van der Waals surface area contributed by atoms with Gasteiger partial charge in [0.1, 0.15) is 12.4 Å². The first-order valence-electron chi connectivity index (χ1n) is 5.81. The van der Waals surface area contributed by atoms with E-state index < -0.39 is 0 Å². The number of benzene rings is 1. The van der Waals surface area contributed by atoms with Crippen LogP contribution in [-0.4, -0.2) is 15.7 Å². The van der Waals surface area contributed by atoms with Crippen LogP contribution >= 0.6 is 15.9 Å². The smallest absolute Gasteiger partial charge is 0.246 e. The third-order valence-electron chi connectivity index (χ3n) is 2.66. The van der Waals surface area contributed by atoms with Crippen LogP contribution in [0.25, 0.3) is 0 Å². The Kier molecular flexibility index (Phi) is 3.90. The van der Waals surface area contributed by atoms with E-state index in [1.165, 1.54) is 4.68 Å². The van der Waals surface area contributed by atoms with E-state index in [0.29, 0.717) is 5.82 Å². The molecular formula is C13H15BrN4O. The first kappa shape index (κ1) is 13.6. The number of amides is 1. The Morgan fingerprint density at radius 1 is 1.47 bits per heavy atom. The lowest BCUT2D eigenvalue weighted by atomic mass is 10.1. The van der Waals surface area contributed by atoms with Gasteiger partial charge >= 0.3 is 0 Å². The number of nitrogen functional groups attached to an aromatic ring is 1. The fourth-order valence-corrected chi connectivity index (χ4v) is 2.64. The molecule has 0 fully saturated rings. The highest BCUT2D eigenvalue weighted by Crippen LogP contribution is 2.27. The van der Waals surface area contributed by atoms with Crippen molar-refractivity contribution >= 4 is 33.3 Å². The molecule has 0 aliphatic carbocycles. The third kappa shape index (κ3) is 3.35. The molecule has 0 unspecified atom stereocenters. The molecule has 6 heteroatoms. The number of carbonyl (C=O) groups excluding carboxylic acids is 1. The Bertz CT molecular complexity index is 598. The van der Waals surface area contributed by atoms with E-state index in [9.17, 15) is 4.79 Å². The third-order valence-corrected chi connectivity index (χ3v) is 3.29. The molecule has 0 saturated carbocycles. The Morgan fingerprint density at radius 3 is 2.79 bits per heavy atom. The van der Waals surface area contributed by atoms with Crippen LogP contribution in [0.3, 0.4) is 0 Å². The minimum Gasteiger partial charge on any atom is -0.382 e. The summed E-state index contributed by atoms with van der Waals surface area (Å²) in [6, 6.07) is 5.64. The lowest BCUT2D eigenvalue weighted by molar-refractivity contribution is -0.116. The number of carbonyl (C=O) groups is 1. The maximum atomic E-state index is 11.9. The molecule has 0 aliphatic heterocycles. The number of halogens is 1. The van der Waals surface area contributed by atoms with Gasteiger partial charge in [-0.3, -0.25) is 9.48 Å². The number of hydrogen-bond acceptors (Lipinski definition) is 3. The molecule has 2 rings (SSSR count). The lowest BCUT2D eigenvalue weighted by Gasteiger charge is -2.11. The molecule has 2 aromatic rings. The number of rotatable bonds is 3. The van der Waals surface area contributed by atoms with Crippen molar-refractivity contribution in [2.75, 3.05) is 11.1 Å². The van der Waals surface area contributed by atoms with Crippen LogP contribution in [0, 0.1) is 13.8 Å². The van der Waals surface area contributed by atoms with Crippen molar-refractivity contribution in [3.05, 3.63) is 40.0 Å². The number of hydrogen-bond donors (Lipinski definition) is 2. The molecule has 0 bridgehead atoms. The largest absolute Gasteiger partial charge is 0.382 e. The second-order valence-corrected chi connectivity index (χ2v) is 5.28. The van der Waals surface area contributed by atoms with Gasteiger partial charge in [0.05, 0.1) is 5.69 Å². The Morgan fingerprint density at radius 2 is 2.21 bits per heavy atom. The number of anilines is 2. The second kappa shape index (κ2) is 5.44. The van der Waals surface area contributed by atoms with Crippen LogP contribution < -0.4 is 11.1 Å². The predicted molar refractivity (Wildman–Crippen MR) is 78.9 cm³/mol. The van der Waals surface area contributed by atoms with Crippen molar-refractivity contribution in [3.63, 3.8) is 0 Å². The molecule has 3 N–H and O–H groups in total. The van der Waals surface area contributed by atoms with Gasteiger partial charge in [-0.05, 0) is 53.0 Å². The van der Waals surface area contributed by atoms with Crippen LogP contribution in [0.1, 0.15) is 11.1 Å². The molecule has 100 valence electrons. The van der Waals surface area contributed by atoms with E-state index in [1.54, 1.807) is 12.3 Å². The van der Waals surface area contributed by atoms with Crippen LogP contribution in [0.4, 0.5) is 11.5 Å². The quantitative estimate of drug-likeness (QED) is 0.911. The van der Waals surface area contributed by atoms with E-state index in [1.807, 2.05) is 26.0 Å². The van der Waals surface area contributed by atoms with Crippen LogP contribution in [-0.2, 0) is 11.3 Å². The normalized spacial score (nSPS) is 10.5. The Balaban J connectivity index is 2.11. The van der Waals surface area contributed by atoms with E-state index in [0.717, 1.165) is 21.3 Å². The standard InChI is InChI=1S/C13H15BrN4O/c1-8-5-9(2)13(10(14)6-8)16-12(19)7-18-4-3-11(15)17-18/h3-6H,7H2,1-2H3,(H2,15,17)(H,16,19). The van der Waals surface area contributed by atoms with Crippen LogP contribution in [0.15, 0.2) is 28.9 Å². The van der Waals surface area contributed by atoms with Crippen molar-refractivity contribution in [1.82, 2.24) is 9.78 Å². The predicted octanol–water partition coefficient (Wildman–Crippen LogP) is 2.48. The van der Waals surface area contributed by atoms with Gasteiger partial charge in [0.15, 0.2) is 0 Å². The SMILES string of the molecule is Cc1cc(C)c(NC(=O)Cn2ccc(N)n2)c(Br)c1.